The summed E-state index contributed by atoms with van der Waals surface area (Å²) in [6.45, 7) is 0. The molecule has 1 aromatic carbocycles. The molecule has 1 N–H and O–H groups in total. The number of aryl methyl sites for hydroxylation is 1. The Morgan fingerprint density at radius 2 is 2.00 bits per heavy atom. The highest BCUT2D eigenvalue weighted by Crippen LogP contribution is 2.31. The number of aromatic nitrogens is 3. The van der Waals surface area contributed by atoms with Gasteiger partial charge < -0.3 is 5.32 Å². The zero-order valence-electron chi connectivity index (χ0n) is 12.0. The summed E-state index contributed by atoms with van der Waals surface area (Å²) in [6, 6.07) is 10.6. The van der Waals surface area contributed by atoms with Crippen LogP contribution in [0.3, 0.4) is 0 Å². The Morgan fingerprint density at radius 3 is 2.95 bits per heavy atom. The first-order chi connectivity index (χ1) is 10.8. The second-order valence-electron chi connectivity index (χ2n) is 5.54. The van der Waals surface area contributed by atoms with Crippen molar-refractivity contribution in [2.45, 2.75) is 25.3 Å². The number of hydrogen-bond acceptors (Lipinski definition) is 4. The van der Waals surface area contributed by atoms with Gasteiger partial charge in [0.1, 0.15) is 5.52 Å². The minimum atomic E-state index is 0.259. The van der Waals surface area contributed by atoms with Gasteiger partial charge >= 0.3 is 0 Å². The summed E-state index contributed by atoms with van der Waals surface area (Å²) in [5.74, 6) is 0.623. The minimum absolute atomic E-state index is 0.259. The molecule has 1 atom stereocenters. The number of nitrogens with one attached hydrogen (secondary N) is 1. The van der Waals surface area contributed by atoms with Crippen molar-refractivity contribution in [2.24, 2.45) is 0 Å². The molecule has 0 amide bonds. The van der Waals surface area contributed by atoms with Gasteiger partial charge in [0.2, 0.25) is 5.95 Å². The zero-order valence-corrected chi connectivity index (χ0v) is 12.7. The van der Waals surface area contributed by atoms with Crippen molar-refractivity contribution < 1.29 is 0 Å². The first-order valence-corrected chi connectivity index (χ1v) is 7.80. The van der Waals surface area contributed by atoms with E-state index in [1.807, 2.05) is 6.07 Å². The van der Waals surface area contributed by atoms with Gasteiger partial charge in [0.15, 0.2) is 0 Å². The Balaban J connectivity index is 1.67. The van der Waals surface area contributed by atoms with Crippen LogP contribution in [0.1, 0.15) is 30.0 Å². The fourth-order valence-corrected chi connectivity index (χ4v) is 3.17. The molecule has 1 aliphatic carbocycles. The molecule has 1 aliphatic rings. The van der Waals surface area contributed by atoms with Crippen molar-refractivity contribution in [3.05, 3.63) is 58.9 Å². The van der Waals surface area contributed by atoms with E-state index >= 15 is 0 Å². The van der Waals surface area contributed by atoms with Crippen LogP contribution in [-0.4, -0.2) is 15.0 Å². The molecular weight excluding hydrogens is 296 g/mol. The lowest BCUT2D eigenvalue weighted by molar-refractivity contribution is 0.597. The van der Waals surface area contributed by atoms with E-state index in [0.717, 1.165) is 23.9 Å². The van der Waals surface area contributed by atoms with Crippen LogP contribution in [0.5, 0.6) is 0 Å². The molecule has 1 unspecified atom stereocenters. The number of pyridine rings is 1. The van der Waals surface area contributed by atoms with Crippen molar-refractivity contribution in [3.8, 4) is 0 Å². The Kier molecular flexibility index (Phi) is 3.39. The molecule has 0 fully saturated rings. The molecule has 110 valence electrons. The lowest BCUT2D eigenvalue weighted by Gasteiger charge is -2.26. The second kappa shape index (κ2) is 5.54. The van der Waals surface area contributed by atoms with Gasteiger partial charge in [0.05, 0.1) is 22.8 Å². The second-order valence-corrected chi connectivity index (χ2v) is 5.98. The van der Waals surface area contributed by atoms with Crippen LogP contribution in [-0.2, 0) is 6.42 Å². The quantitative estimate of drug-likeness (QED) is 0.772. The van der Waals surface area contributed by atoms with E-state index in [1.165, 1.54) is 17.5 Å². The molecule has 0 spiro atoms. The lowest BCUT2D eigenvalue weighted by atomic mass is 9.88. The summed E-state index contributed by atoms with van der Waals surface area (Å²) in [5.41, 5.74) is 4.27. The van der Waals surface area contributed by atoms with E-state index in [9.17, 15) is 0 Å². The predicted molar refractivity (Wildman–Crippen MR) is 88.1 cm³/mol. The molecular formula is C17H15ClN4. The van der Waals surface area contributed by atoms with E-state index in [0.29, 0.717) is 11.0 Å². The fraction of sp³-hybridized carbons (Fsp3) is 0.235. The van der Waals surface area contributed by atoms with E-state index < -0.39 is 0 Å². The molecule has 2 aromatic heterocycles. The van der Waals surface area contributed by atoms with Gasteiger partial charge in [-0.15, -0.1) is 0 Å². The first kappa shape index (κ1) is 13.5. The summed E-state index contributed by atoms with van der Waals surface area (Å²) < 4.78 is 0. The smallest absolute Gasteiger partial charge is 0.223 e. The maximum Gasteiger partial charge on any atom is 0.223 e. The van der Waals surface area contributed by atoms with Gasteiger partial charge in [0.25, 0.3) is 0 Å². The monoisotopic (exact) mass is 310 g/mol. The molecule has 0 radical (unpaired) electrons. The number of hydrogen-bond donors (Lipinski definition) is 1. The van der Waals surface area contributed by atoms with Gasteiger partial charge in [-0.1, -0.05) is 35.9 Å². The van der Waals surface area contributed by atoms with Crippen molar-refractivity contribution in [1.29, 1.82) is 0 Å². The van der Waals surface area contributed by atoms with Crippen molar-refractivity contribution in [2.75, 3.05) is 5.32 Å². The van der Waals surface area contributed by atoms with Crippen LogP contribution in [0.4, 0.5) is 5.95 Å². The summed E-state index contributed by atoms with van der Waals surface area (Å²) in [4.78, 5) is 13.1. The molecule has 0 saturated carbocycles. The standard InChI is InChI=1S/C17H15ClN4/c18-12-8-15-16(19-9-12)10-20-17(22-15)21-14-7-3-5-11-4-1-2-6-13(11)14/h1-2,4,6,8-10,14H,3,5,7H2,(H,20,21,22). The summed E-state index contributed by atoms with van der Waals surface area (Å²) >= 11 is 5.99. The molecule has 4 nitrogen and oxygen atoms in total. The third-order valence-electron chi connectivity index (χ3n) is 4.07. The molecule has 0 saturated heterocycles. The van der Waals surface area contributed by atoms with Crippen LogP contribution in [0.2, 0.25) is 5.02 Å². The third-order valence-corrected chi connectivity index (χ3v) is 4.28. The predicted octanol–water partition coefficient (Wildman–Crippen LogP) is 4.17. The summed E-state index contributed by atoms with van der Waals surface area (Å²) in [7, 11) is 0. The first-order valence-electron chi connectivity index (χ1n) is 7.42. The number of rotatable bonds is 2. The van der Waals surface area contributed by atoms with E-state index in [-0.39, 0.29) is 6.04 Å². The van der Waals surface area contributed by atoms with Gasteiger partial charge in [-0.3, -0.25) is 4.98 Å². The number of benzene rings is 1. The largest absolute Gasteiger partial charge is 0.347 e. The summed E-state index contributed by atoms with van der Waals surface area (Å²) in [5, 5.41) is 4.04. The molecule has 5 heteroatoms. The van der Waals surface area contributed by atoms with Crippen LogP contribution in [0.15, 0.2) is 42.7 Å². The Labute approximate surface area is 133 Å². The minimum Gasteiger partial charge on any atom is -0.347 e. The fourth-order valence-electron chi connectivity index (χ4n) is 3.02. The third kappa shape index (κ3) is 2.50. The molecule has 4 rings (SSSR count). The van der Waals surface area contributed by atoms with Gasteiger partial charge in [-0.05, 0) is 36.5 Å². The molecule has 3 aromatic rings. The topological polar surface area (TPSA) is 50.7 Å². The number of fused-ring (bicyclic) bond motifs is 2. The van der Waals surface area contributed by atoms with Crippen molar-refractivity contribution in [3.63, 3.8) is 0 Å². The molecule has 22 heavy (non-hydrogen) atoms. The highest BCUT2D eigenvalue weighted by molar-refractivity contribution is 6.31. The van der Waals surface area contributed by atoms with E-state index in [4.69, 9.17) is 11.6 Å². The SMILES string of the molecule is Clc1cnc2cnc(NC3CCCc4ccccc43)nc2c1. The van der Waals surface area contributed by atoms with Crippen LogP contribution >= 0.6 is 11.6 Å². The van der Waals surface area contributed by atoms with Crippen molar-refractivity contribution >= 4 is 28.6 Å². The number of nitrogens with zero attached hydrogens (tertiary/aromatic N) is 3. The molecule has 0 aliphatic heterocycles. The number of anilines is 1. The normalized spacial score (nSPS) is 17.2. The maximum atomic E-state index is 5.99. The average Bonchev–Trinajstić information content (AvgIpc) is 2.55. The van der Waals surface area contributed by atoms with Crippen LogP contribution in [0.25, 0.3) is 11.0 Å². The molecule has 2 heterocycles. The van der Waals surface area contributed by atoms with Gasteiger partial charge in [-0.2, -0.15) is 0 Å². The van der Waals surface area contributed by atoms with E-state index in [2.05, 4.69) is 44.5 Å². The lowest BCUT2D eigenvalue weighted by Crippen LogP contribution is -2.18. The Morgan fingerprint density at radius 1 is 1.09 bits per heavy atom. The zero-order chi connectivity index (χ0) is 14.9. The number of halogens is 1. The maximum absolute atomic E-state index is 5.99. The Hall–Kier alpha value is -2.20. The van der Waals surface area contributed by atoms with Gasteiger partial charge in [0, 0.05) is 6.20 Å². The van der Waals surface area contributed by atoms with Gasteiger partial charge in [-0.25, -0.2) is 9.97 Å². The van der Waals surface area contributed by atoms with E-state index in [1.54, 1.807) is 12.4 Å². The van der Waals surface area contributed by atoms with Crippen LogP contribution in [0, 0.1) is 0 Å². The highest BCUT2D eigenvalue weighted by Gasteiger charge is 2.20. The Bertz CT molecular complexity index is 834. The molecule has 0 bridgehead atoms. The van der Waals surface area contributed by atoms with Crippen molar-refractivity contribution in [1.82, 2.24) is 15.0 Å². The highest BCUT2D eigenvalue weighted by atomic mass is 35.5. The van der Waals surface area contributed by atoms with Crippen LogP contribution < -0.4 is 5.32 Å². The average molecular weight is 311 g/mol. The summed E-state index contributed by atoms with van der Waals surface area (Å²) in [6.07, 6.45) is 6.75.